The molecule has 25 heavy (non-hydrogen) atoms. The first-order chi connectivity index (χ1) is 12.1. The summed E-state index contributed by atoms with van der Waals surface area (Å²) in [6.07, 6.45) is 3.86. The molecular formula is C20H30N4O. The summed E-state index contributed by atoms with van der Waals surface area (Å²) in [5, 5.41) is 3.13. The highest BCUT2D eigenvalue weighted by molar-refractivity contribution is 5.80. The van der Waals surface area contributed by atoms with Crippen molar-refractivity contribution in [2.45, 2.75) is 59.0 Å². The monoisotopic (exact) mass is 342 g/mol. The zero-order chi connectivity index (χ0) is 17.8. The van der Waals surface area contributed by atoms with Crippen molar-refractivity contribution >= 4 is 22.9 Å². The Kier molecular flexibility index (Phi) is 5.61. The lowest BCUT2D eigenvalue weighted by Crippen LogP contribution is -2.43. The number of piperidine rings is 1. The lowest BCUT2D eigenvalue weighted by atomic mass is 9.95. The molecule has 0 spiro atoms. The number of hydrogen-bond donors (Lipinski definition) is 1. The minimum absolute atomic E-state index is 0.134. The van der Waals surface area contributed by atoms with Crippen LogP contribution in [0.1, 0.15) is 46.5 Å². The van der Waals surface area contributed by atoms with Gasteiger partial charge in [0.05, 0.1) is 11.0 Å². The normalized spacial score (nSPS) is 17.0. The smallest absolute Gasteiger partial charge is 0.223 e. The summed E-state index contributed by atoms with van der Waals surface area (Å²) in [6.45, 7) is 9.14. The second kappa shape index (κ2) is 7.89. The number of hydrogen-bond acceptors (Lipinski definition) is 3. The second-order valence-corrected chi connectivity index (χ2v) is 7.13. The molecule has 1 aliphatic rings. The molecule has 3 rings (SSSR count). The summed E-state index contributed by atoms with van der Waals surface area (Å²) in [6, 6.07) is 8.61. The lowest BCUT2D eigenvalue weighted by molar-refractivity contribution is -0.126. The minimum Gasteiger partial charge on any atom is -0.353 e. The van der Waals surface area contributed by atoms with E-state index in [1.54, 1.807) is 0 Å². The molecule has 2 aromatic rings. The van der Waals surface area contributed by atoms with Gasteiger partial charge in [-0.1, -0.05) is 26.0 Å². The van der Waals surface area contributed by atoms with E-state index in [-0.39, 0.29) is 17.9 Å². The van der Waals surface area contributed by atoms with Crippen LogP contribution in [0.5, 0.6) is 0 Å². The number of imidazole rings is 1. The summed E-state index contributed by atoms with van der Waals surface area (Å²) in [5.74, 6) is 1.41. The Bertz CT molecular complexity index is 716. The molecule has 2 heterocycles. The average molecular weight is 342 g/mol. The molecule has 1 aromatic carbocycles. The molecule has 1 atom stereocenters. The number of nitrogens with zero attached hydrogens (tertiary/aromatic N) is 3. The molecule has 1 aromatic heterocycles. The molecule has 0 saturated carbocycles. The molecule has 5 heteroatoms. The Morgan fingerprint density at radius 3 is 2.68 bits per heavy atom. The predicted molar refractivity (Wildman–Crippen MR) is 103 cm³/mol. The van der Waals surface area contributed by atoms with Gasteiger partial charge in [0.2, 0.25) is 11.9 Å². The SMILES string of the molecule is CCCn1c(N2CCC(C(=O)N[C@@H](C)CC)CC2)nc2ccccc21. The Balaban J connectivity index is 1.71. The third kappa shape index (κ3) is 3.80. The number of nitrogens with one attached hydrogen (secondary N) is 1. The Morgan fingerprint density at radius 1 is 1.28 bits per heavy atom. The van der Waals surface area contributed by atoms with Crippen molar-refractivity contribution in [3.63, 3.8) is 0 Å². The summed E-state index contributed by atoms with van der Waals surface area (Å²) in [4.78, 5) is 19.6. The Morgan fingerprint density at radius 2 is 2.00 bits per heavy atom. The fraction of sp³-hybridized carbons (Fsp3) is 0.600. The van der Waals surface area contributed by atoms with Gasteiger partial charge in [0.1, 0.15) is 0 Å². The van der Waals surface area contributed by atoms with Crippen LogP contribution in [0.25, 0.3) is 11.0 Å². The zero-order valence-electron chi connectivity index (χ0n) is 15.7. The number of carbonyl (C=O) groups excluding carboxylic acids is 1. The standard InChI is InChI=1S/C20H30N4O/c1-4-12-24-18-9-7-6-8-17(18)22-20(24)23-13-10-16(11-14-23)19(25)21-15(3)5-2/h6-9,15-16H,4-5,10-14H2,1-3H3,(H,21,25)/t15-/m0/s1. The van der Waals surface area contributed by atoms with E-state index < -0.39 is 0 Å². The first kappa shape index (κ1) is 17.8. The molecule has 0 unspecified atom stereocenters. The van der Waals surface area contributed by atoms with Crippen molar-refractivity contribution in [3.05, 3.63) is 24.3 Å². The van der Waals surface area contributed by atoms with Crippen molar-refractivity contribution in [3.8, 4) is 0 Å². The molecule has 1 saturated heterocycles. The number of anilines is 1. The molecule has 1 amide bonds. The van der Waals surface area contributed by atoms with Gasteiger partial charge in [-0.15, -0.1) is 0 Å². The van der Waals surface area contributed by atoms with Gasteiger partial charge in [-0.05, 0) is 44.7 Å². The third-order valence-corrected chi connectivity index (χ3v) is 5.23. The van der Waals surface area contributed by atoms with Crippen molar-refractivity contribution in [1.82, 2.24) is 14.9 Å². The first-order valence-electron chi connectivity index (χ1n) is 9.64. The van der Waals surface area contributed by atoms with Crippen LogP contribution in [-0.2, 0) is 11.3 Å². The second-order valence-electron chi connectivity index (χ2n) is 7.13. The fourth-order valence-electron chi connectivity index (χ4n) is 3.55. The number of rotatable bonds is 6. The highest BCUT2D eigenvalue weighted by atomic mass is 16.1. The van der Waals surface area contributed by atoms with Gasteiger partial charge in [-0.2, -0.15) is 0 Å². The van der Waals surface area contributed by atoms with E-state index in [0.717, 1.165) is 56.8 Å². The van der Waals surface area contributed by atoms with E-state index in [1.165, 1.54) is 5.52 Å². The van der Waals surface area contributed by atoms with Crippen molar-refractivity contribution in [1.29, 1.82) is 0 Å². The largest absolute Gasteiger partial charge is 0.353 e. The van der Waals surface area contributed by atoms with Crippen LogP contribution in [0.2, 0.25) is 0 Å². The van der Waals surface area contributed by atoms with E-state index in [1.807, 2.05) is 6.07 Å². The topological polar surface area (TPSA) is 50.2 Å². The number of para-hydroxylation sites is 2. The van der Waals surface area contributed by atoms with Crippen LogP contribution in [-0.4, -0.2) is 34.6 Å². The quantitative estimate of drug-likeness (QED) is 0.873. The summed E-state index contributed by atoms with van der Waals surface area (Å²) < 4.78 is 2.33. The highest BCUT2D eigenvalue weighted by Gasteiger charge is 2.27. The molecule has 1 aliphatic heterocycles. The molecular weight excluding hydrogens is 312 g/mol. The van der Waals surface area contributed by atoms with Crippen LogP contribution >= 0.6 is 0 Å². The van der Waals surface area contributed by atoms with Gasteiger partial charge < -0.3 is 14.8 Å². The maximum atomic E-state index is 12.4. The number of aromatic nitrogens is 2. The number of fused-ring (bicyclic) bond motifs is 1. The van der Waals surface area contributed by atoms with E-state index in [9.17, 15) is 4.79 Å². The number of carbonyl (C=O) groups is 1. The Hall–Kier alpha value is -2.04. The molecule has 136 valence electrons. The third-order valence-electron chi connectivity index (χ3n) is 5.23. The van der Waals surface area contributed by atoms with Gasteiger partial charge in [0.25, 0.3) is 0 Å². The van der Waals surface area contributed by atoms with Crippen LogP contribution < -0.4 is 10.2 Å². The van der Waals surface area contributed by atoms with Crippen LogP contribution in [0.15, 0.2) is 24.3 Å². The van der Waals surface area contributed by atoms with Gasteiger partial charge in [-0.3, -0.25) is 4.79 Å². The molecule has 1 N–H and O–H groups in total. The lowest BCUT2D eigenvalue weighted by Gasteiger charge is -2.32. The van der Waals surface area contributed by atoms with E-state index >= 15 is 0 Å². The number of aryl methyl sites for hydroxylation is 1. The maximum absolute atomic E-state index is 12.4. The van der Waals surface area contributed by atoms with Crippen LogP contribution in [0.4, 0.5) is 5.95 Å². The van der Waals surface area contributed by atoms with E-state index in [2.05, 4.69) is 53.8 Å². The average Bonchev–Trinajstić information content (AvgIpc) is 3.01. The first-order valence-corrected chi connectivity index (χ1v) is 9.64. The fourth-order valence-corrected chi connectivity index (χ4v) is 3.55. The van der Waals surface area contributed by atoms with Gasteiger partial charge >= 0.3 is 0 Å². The number of benzene rings is 1. The molecule has 0 aliphatic carbocycles. The van der Waals surface area contributed by atoms with Gasteiger partial charge in [0, 0.05) is 31.6 Å². The minimum atomic E-state index is 0.134. The summed E-state index contributed by atoms with van der Waals surface area (Å²) >= 11 is 0. The molecule has 0 radical (unpaired) electrons. The van der Waals surface area contributed by atoms with Crippen molar-refractivity contribution in [2.24, 2.45) is 5.92 Å². The summed E-state index contributed by atoms with van der Waals surface area (Å²) in [5.41, 5.74) is 2.26. The van der Waals surface area contributed by atoms with Crippen molar-refractivity contribution in [2.75, 3.05) is 18.0 Å². The van der Waals surface area contributed by atoms with E-state index in [0.29, 0.717) is 0 Å². The van der Waals surface area contributed by atoms with Crippen LogP contribution in [0.3, 0.4) is 0 Å². The summed E-state index contributed by atoms with van der Waals surface area (Å²) in [7, 11) is 0. The highest BCUT2D eigenvalue weighted by Crippen LogP contribution is 2.27. The zero-order valence-corrected chi connectivity index (χ0v) is 15.7. The predicted octanol–water partition coefficient (Wildman–Crippen LogP) is 3.58. The Labute approximate surface area is 150 Å². The molecule has 5 nitrogen and oxygen atoms in total. The van der Waals surface area contributed by atoms with Crippen LogP contribution in [0, 0.1) is 5.92 Å². The van der Waals surface area contributed by atoms with E-state index in [4.69, 9.17) is 4.98 Å². The molecule has 0 bridgehead atoms. The van der Waals surface area contributed by atoms with Gasteiger partial charge in [0.15, 0.2) is 0 Å². The van der Waals surface area contributed by atoms with Crippen molar-refractivity contribution < 1.29 is 4.79 Å². The number of amides is 1. The molecule has 1 fully saturated rings. The maximum Gasteiger partial charge on any atom is 0.223 e. The van der Waals surface area contributed by atoms with Gasteiger partial charge in [-0.25, -0.2) is 4.98 Å².